The first-order chi connectivity index (χ1) is 7.61. The maximum absolute atomic E-state index is 6.08. The summed E-state index contributed by atoms with van der Waals surface area (Å²) >= 11 is 0. The van der Waals surface area contributed by atoms with Crippen LogP contribution in [0.15, 0.2) is 18.2 Å². The third kappa shape index (κ3) is 4.51. The predicted octanol–water partition coefficient (Wildman–Crippen LogP) is 2.98. The van der Waals surface area contributed by atoms with E-state index >= 15 is 0 Å². The van der Waals surface area contributed by atoms with E-state index in [0.717, 1.165) is 19.3 Å². The van der Waals surface area contributed by atoms with E-state index < -0.39 is 0 Å². The van der Waals surface area contributed by atoms with Crippen LogP contribution in [-0.4, -0.2) is 6.04 Å². The molecule has 0 aliphatic carbocycles. The lowest BCUT2D eigenvalue weighted by Gasteiger charge is -2.11. The molecule has 1 heteroatoms. The van der Waals surface area contributed by atoms with Gasteiger partial charge in [0, 0.05) is 12.5 Å². The monoisotopic (exact) mass is 215 g/mol. The lowest BCUT2D eigenvalue weighted by atomic mass is 9.99. The van der Waals surface area contributed by atoms with E-state index in [4.69, 9.17) is 5.73 Å². The summed E-state index contributed by atoms with van der Waals surface area (Å²) in [5, 5.41) is 0. The summed E-state index contributed by atoms with van der Waals surface area (Å²) in [7, 11) is 0. The van der Waals surface area contributed by atoms with Crippen LogP contribution in [0.1, 0.15) is 36.5 Å². The van der Waals surface area contributed by atoms with E-state index in [2.05, 4.69) is 43.9 Å². The average molecular weight is 215 g/mol. The molecule has 0 amide bonds. The quantitative estimate of drug-likeness (QED) is 0.768. The van der Waals surface area contributed by atoms with Crippen LogP contribution in [-0.2, 0) is 6.42 Å². The number of aryl methyl sites for hydroxylation is 2. The molecule has 0 aliphatic rings. The molecule has 0 saturated carbocycles. The molecular formula is C15H21N. The summed E-state index contributed by atoms with van der Waals surface area (Å²) in [6.45, 7) is 6.13. The Balaban J connectivity index is 2.54. The predicted molar refractivity (Wildman–Crippen MR) is 70.3 cm³/mol. The van der Waals surface area contributed by atoms with Crippen molar-refractivity contribution in [1.29, 1.82) is 0 Å². The Labute approximate surface area is 99.1 Å². The van der Waals surface area contributed by atoms with Gasteiger partial charge in [-0.25, -0.2) is 0 Å². The van der Waals surface area contributed by atoms with Gasteiger partial charge in [-0.1, -0.05) is 29.3 Å². The Morgan fingerprint density at radius 1 is 1.19 bits per heavy atom. The number of rotatable bonds is 4. The summed E-state index contributed by atoms with van der Waals surface area (Å²) in [6, 6.07) is 6.86. The van der Waals surface area contributed by atoms with Crippen molar-refractivity contribution in [3.05, 3.63) is 34.9 Å². The second kappa shape index (κ2) is 6.35. The van der Waals surface area contributed by atoms with Gasteiger partial charge in [0.1, 0.15) is 0 Å². The summed E-state index contributed by atoms with van der Waals surface area (Å²) in [4.78, 5) is 0. The van der Waals surface area contributed by atoms with Crippen LogP contribution in [0.4, 0.5) is 0 Å². The van der Waals surface area contributed by atoms with Gasteiger partial charge in [0.15, 0.2) is 0 Å². The number of hydrogen-bond acceptors (Lipinski definition) is 1. The van der Waals surface area contributed by atoms with Crippen molar-refractivity contribution in [2.24, 2.45) is 5.73 Å². The normalized spacial score (nSPS) is 11.8. The second-order valence-electron chi connectivity index (χ2n) is 4.43. The van der Waals surface area contributed by atoms with Gasteiger partial charge in [-0.2, -0.15) is 0 Å². The molecule has 2 N–H and O–H groups in total. The molecule has 0 radical (unpaired) electrons. The smallest absolute Gasteiger partial charge is 0.0103 e. The molecule has 0 aliphatic heterocycles. The molecule has 86 valence electrons. The number of nitrogens with two attached hydrogens (primary N) is 1. The average Bonchev–Trinajstić information content (AvgIpc) is 2.16. The third-order valence-electron chi connectivity index (χ3n) is 2.60. The van der Waals surface area contributed by atoms with Gasteiger partial charge in [-0.15, -0.1) is 11.8 Å². The topological polar surface area (TPSA) is 26.0 Å². The van der Waals surface area contributed by atoms with E-state index in [1.165, 1.54) is 16.7 Å². The van der Waals surface area contributed by atoms with Gasteiger partial charge >= 0.3 is 0 Å². The summed E-state index contributed by atoms with van der Waals surface area (Å²) in [5.41, 5.74) is 10.1. The second-order valence-corrected chi connectivity index (χ2v) is 4.43. The molecule has 16 heavy (non-hydrogen) atoms. The van der Waals surface area contributed by atoms with Crippen molar-refractivity contribution >= 4 is 0 Å². The lowest BCUT2D eigenvalue weighted by molar-refractivity contribution is 0.622. The Morgan fingerprint density at radius 3 is 2.38 bits per heavy atom. The molecule has 0 bridgehead atoms. The van der Waals surface area contributed by atoms with Gasteiger partial charge in [0.25, 0.3) is 0 Å². The fourth-order valence-electron chi connectivity index (χ4n) is 1.97. The molecule has 1 nitrogen and oxygen atoms in total. The van der Waals surface area contributed by atoms with Crippen LogP contribution in [0.3, 0.4) is 0 Å². The van der Waals surface area contributed by atoms with Crippen molar-refractivity contribution in [2.45, 2.75) is 46.1 Å². The molecule has 0 heterocycles. The van der Waals surface area contributed by atoms with E-state index in [1.807, 2.05) is 6.92 Å². The first kappa shape index (κ1) is 12.8. The molecule has 0 saturated heterocycles. The molecule has 0 aromatic heterocycles. The molecule has 0 fully saturated rings. The van der Waals surface area contributed by atoms with Crippen molar-refractivity contribution in [3.63, 3.8) is 0 Å². The number of benzene rings is 1. The summed E-state index contributed by atoms with van der Waals surface area (Å²) in [5.74, 6) is 5.96. The molecule has 1 rings (SSSR count). The third-order valence-corrected chi connectivity index (χ3v) is 2.60. The van der Waals surface area contributed by atoms with Crippen molar-refractivity contribution in [1.82, 2.24) is 0 Å². The molecule has 1 aromatic carbocycles. The van der Waals surface area contributed by atoms with Gasteiger partial charge in [-0.05, 0) is 39.2 Å². The van der Waals surface area contributed by atoms with E-state index in [9.17, 15) is 0 Å². The highest BCUT2D eigenvalue weighted by Crippen LogP contribution is 2.11. The van der Waals surface area contributed by atoms with Crippen molar-refractivity contribution in [2.75, 3.05) is 0 Å². The van der Waals surface area contributed by atoms with Crippen LogP contribution in [0.2, 0.25) is 0 Å². The van der Waals surface area contributed by atoms with Gasteiger partial charge in [0.05, 0.1) is 0 Å². The largest absolute Gasteiger partial charge is 0.327 e. The first-order valence-corrected chi connectivity index (χ1v) is 5.84. The fourth-order valence-corrected chi connectivity index (χ4v) is 1.97. The van der Waals surface area contributed by atoms with Gasteiger partial charge in [0.2, 0.25) is 0 Å². The number of hydrogen-bond donors (Lipinski definition) is 1. The maximum Gasteiger partial charge on any atom is 0.0103 e. The van der Waals surface area contributed by atoms with Crippen LogP contribution in [0.5, 0.6) is 0 Å². The zero-order valence-electron chi connectivity index (χ0n) is 10.5. The fraction of sp³-hybridized carbons (Fsp3) is 0.467. The maximum atomic E-state index is 6.08. The highest BCUT2D eigenvalue weighted by atomic mass is 14.6. The highest BCUT2D eigenvalue weighted by molar-refractivity contribution is 5.29. The Bertz CT molecular complexity index is 375. The minimum Gasteiger partial charge on any atom is -0.327 e. The SMILES string of the molecule is CC#CCCC(N)Cc1cc(C)cc(C)c1. The summed E-state index contributed by atoms with van der Waals surface area (Å²) in [6.07, 6.45) is 2.84. The molecule has 0 spiro atoms. The van der Waals surface area contributed by atoms with Crippen molar-refractivity contribution < 1.29 is 0 Å². The Kier molecular flexibility index (Phi) is 5.08. The lowest BCUT2D eigenvalue weighted by Crippen LogP contribution is -2.22. The Morgan fingerprint density at radius 2 is 1.81 bits per heavy atom. The van der Waals surface area contributed by atoms with E-state index in [1.54, 1.807) is 0 Å². The van der Waals surface area contributed by atoms with Crippen molar-refractivity contribution in [3.8, 4) is 11.8 Å². The molecule has 1 aromatic rings. The van der Waals surface area contributed by atoms with Gasteiger partial charge < -0.3 is 5.73 Å². The van der Waals surface area contributed by atoms with Crippen LogP contribution >= 0.6 is 0 Å². The first-order valence-electron chi connectivity index (χ1n) is 5.84. The van der Waals surface area contributed by atoms with Crippen LogP contribution in [0, 0.1) is 25.7 Å². The Hall–Kier alpha value is -1.26. The van der Waals surface area contributed by atoms with E-state index in [0.29, 0.717) is 0 Å². The minimum atomic E-state index is 0.224. The van der Waals surface area contributed by atoms with Gasteiger partial charge in [-0.3, -0.25) is 0 Å². The standard InChI is InChI=1S/C15H21N/c1-4-5-6-7-15(16)11-14-9-12(2)8-13(3)10-14/h8-10,15H,6-7,11,16H2,1-3H3. The van der Waals surface area contributed by atoms with Crippen LogP contribution < -0.4 is 5.73 Å². The zero-order chi connectivity index (χ0) is 12.0. The van der Waals surface area contributed by atoms with E-state index in [-0.39, 0.29) is 6.04 Å². The highest BCUT2D eigenvalue weighted by Gasteiger charge is 2.04. The molecule has 1 unspecified atom stereocenters. The van der Waals surface area contributed by atoms with Crippen LogP contribution in [0.25, 0.3) is 0 Å². The molecular weight excluding hydrogens is 194 g/mol. The summed E-state index contributed by atoms with van der Waals surface area (Å²) < 4.78 is 0. The zero-order valence-corrected chi connectivity index (χ0v) is 10.5. The minimum absolute atomic E-state index is 0.224. The molecule has 1 atom stereocenters.